The van der Waals surface area contributed by atoms with Crippen molar-refractivity contribution in [3.8, 4) is 5.82 Å². The van der Waals surface area contributed by atoms with Gasteiger partial charge in [0.1, 0.15) is 0 Å². The van der Waals surface area contributed by atoms with E-state index in [1.807, 2.05) is 53.2 Å². The molecule has 1 aliphatic carbocycles. The summed E-state index contributed by atoms with van der Waals surface area (Å²) in [7, 11) is 0. The number of aryl methyl sites for hydroxylation is 1. The van der Waals surface area contributed by atoms with Crippen LogP contribution in [0, 0.1) is 13.8 Å². The van der Waals surface area contributed by atoms with Crippen molar-refractivity contribution < 1.29 is 0 Å². The summed E-state index contributed by atoms with van der Waals surface area (Å²) < 4.78 is 1.93. The number of hydrogen-bond donors (Lipinski definition) is 2. The first kappa shape index (κ1) is 18.4. The molecule has 1 aliphatic rings. The third kappa shape index (κ3) is 3.82. The summed E-state index contributed by atoms with van der Waals surface area (Å²) in [6, 6.07) is 16.0. The number of pyridine rings is 1. The number of rotatable bonds is 4. The van der Waals surface area contributed by atoms with E-state index in [4.69, 9.17) is 17.3 Å². The average Bonchev–Trinajstić information content (AvgIpc) is 3.26. The summed E-state index contributed by atoms with van der Waals surface area (Å²) in [4.78, 5) is 4.43. The van der Waals surface area contributed by atoms with E-state index in [1.165, 1.54) is 5.56 Å². The molecule has 2 N–H and O–H groups in total. The molecular weight excluding hydrogens is 366 g/mol. The minimum absolute atomic E-state index is 0.200. The van der Waals surface area contributed by atoms with Gasteiger partial charge in [0.2, 0.25) is 0 Å². The van der Waals surface area contributed by atoms with E-state index in [0.717, 1.165) is 29.3 Å². The van der Waals surface area contributed by atoms with Gasteiger partial charge in [-0.15, -0.1) is 0 Å². The van der Waals surface area contributed by atoms with Crippen LogP contribution in [0.15, 0.2) is 66.9 Å². The van der Waals surface area contributed by atoms with E-state index < -0.39 is 0 Å². The summed E-state index contributed by atoms with van der Waals surface area (Å²) in [6.07, 6.45) is 7.19. The quantitative estimate of drug-likeness (QED) is 0.515. The predicted octanol–water partition coefficient (Wildman–Crippen LogP) is 4.28. The molecule has 0 spiro atoms. The highest BCUT2D eigenvalue weighted by atomic mass is 32.1. The molecule has 0 unspecified atom stereocenters. The fourth-order valence-corrected chi connectivity index (χ4v) is 4.04. The maximum Gasteiger partial charge on any atom is 0.171 e. The van der Waals surface area contributed by atoms with Crippen LogP contribution in [-0.4, -0.2) is 25.9 Å². The first-order valence-electron chi connectivity index (χ1n) is 9.40. The van der Waals surface area contributed by atoms with Crippen molar-refractivity contribution in [3.63, 3.8) is 0 Å². The molecule has 0 amide bonds. The number of benzene rings is 1. The molecule has 5 nitrogen and oxygen atoms in total. The maximum absolute atomic E-state index is 5.47. The smallest absolute Gasteiger partial charge is 0.171 e. The third-order valence-corrected chi connectivity index (χ3v) is 5.24. The van der Waals surface area contributed by atoms with Crippen LogP contribution in [0.4, 0.5) is 5.69 Å². The van der Waals surface area contributed by atoms with Crippen LogP contribution in [-0.2, 0) is 0 Å². The molecule has 3 aromatic rings. The average molecular weight is 390 g/mol. The van der Waals surface area contributed by atoms with Crippen LogP contribution in [0.25, 0.3) is 5.82 Å². The molecule has 0 saturated heterocycles. The van der Waals surface area contributed by atoms with Crippen LogP contribution < -0.4 is 10.6 Å². The Balaban J connectivity index is 1.44. The van der Waals surface area contributed by atoms with Gasteiger partial charge in [0.05, 0.1) is 5.69 Å². The number of nitrogens with one attached hydrogen (secondary N) is 2. The standard InChI is InChI=1S/C22H23N5S/c1-15-21(16(2)27(26-15)20-10-6-7-13-23-20)17-11-12-19(14-17)25-22(28)24-18-8-4-3-5-9-18/h3-13,17,19H,14H2,1-2H3,(H2,24,25,28)/t17-,19+/m0/s1. The highest BCUT2D eigenvalue weighted by Gasteiger charge is 2.26. The fourth-order valence-electron chi connectivity index (χ4n) is 3.77. The Kier molecular flexibility index (Phi) is 5.21. The van der Waals surface area contributed by atoms with Crippen LogP contribution in [0.2, 0.25) is 0 Å². The minimum Gasteiger partial charge on any atom is -0.356 e. The van der Waals surface area contributed by atoms with Gasteiger partial charge < -0.3 is 10.6 Å². The van der Waals surface area contributed by atoms with E-state index in [9.17, 15) is 0 Å². The van der Waals surface area contributed by atoms with Crippen molar-refractivity contribution >= 4 is 23.0 Å². The first-order valence-corrected chi connectivity index (χ1v) is 9.81. The summed E-state index contributed by atoms with van der Waals surface area (Å²) in [5.74, 6) is 1.16. The van der Waals surface area contributed by atoms with Gasteiger partial charge in [0.15, 0.2) is 10.9 Å². The number of allylic oxidation sites excluding steroid dienone is 1. The van der Waals surface area contributed by atoms with Crippen molar-refractivity contribution in [2.75, 3.05) is 5.32 Å². The molecule has 0 saturated carbocycles. The molecule has 2 heterocycles. The van der Waals surface area contributed by atoms with Gasteiger partial charge in [0, 0.05) is 35.1 Å². The topological polar surface area (TPSA) is 54.8 Å². The predicted molar refractivity (Wildman–Crippen MR) is 117 cm³/mol. The van der Waals surface area contributed by atoms with E-state index in [-0.39, 0.29) is 6.04 Å². The highest BCUT2D eigenvalue weighted by molar-refractivity contribution is 7.80. The molecular formula is C22H23N5S. The molecule has 0 radical (unpaired) electrons. The number of thiocarbonyl (C=S) groups is 1. The van der Waals surface area contributed by atoms with Crippen LogP contribution in [0.3, 0.4) is 0 Å². The Hall–Kier alpha value is -2.99. The summed E-state index contributed by atoms with van der Waals surface area (Å²) >= 11 is 5.47. The molecule has 2 aromatic heterocycles. The summed E-state index contributed by atoms with van der Waals surface area (Å²) in [5, 5.41) is 12.0. The normalized spacial score (nSPS) is 18.2. The molecule has 2 atom stereocenters. The number of hydrogen-bond acceptors (Lipinski definition) is 3. The van der Waals surface area contributed by atoms with Crippen molar-refractivity contribution in [1.29, 1.82) is 0 Å². The van der Waals surface area contributed by atoms with E-state index in [0.29, 0.717) is 11.0 Å². The molecule has 4 rings (SSSR count). The molecule has 142 valence electrons. The second kappa shape index (κ2) is 7.94. The van der Waals surface area contributed by atoms with E-state index in [2.05, 4.69) is 41.6 Å². The van der Waals surface area contributed by atoms with Gasteiger partial charge in [-0.3, -0.25) is 0 Å². The van der Waals surface area contributed by atoms with Gasteiger partial charge in [-0.1, -0.05) is 36.4 Å². The van der Waals surface area contributed by atoms with Crippen molar-refractivity contribution in [2.24, 2.45) is 0 Å². The zero-order valence-corrected chi connectivity index (χ0v) is 16.8. The van der Waals surface area contributed by atoms with Crippen molar-refractivity contribution in [1.82, 2.24) is 20.1 Å². The Morgan fingerprint density at radius 1 is 1.07 bits per heavy atom. The van der Waals surface area contributed by atoms with E-state index >= 15 is 0 Å². The molecule has 0 aliphatic heterocycles. The highest BCUT2D eigenvalue weighted by Crippen LogP contribution is 2.33. The van der Waals surface area contributed by atoms with Crippen LogP contribution >= 0.6 is 12.2 Å². The minimum atomic E-state index is 0.200. The second-order valence-electron chi connectivity index (χ2n) is 6.98. The van der Waals surface area contributed by atoms with Crippen molar-refractivity contribution in [2.45, 2.75) is 32.2 Å². The molecule has 1 aromatic carbocycles. The fraction of sp³-hybridized carbons (Fsp3) is 0.227. The van der Waals surface area contributed by atoms with Gasteiger partial charge in [-0.25, -0.2) is 9.67 Å². The Morgan fingerprint density at radius 3 is 2.61 bits per heavy atom. The Morgan fingerprint density at radius 2 is 1.86 bits per heavy atom. The Labute approximate surface area is 170 Å². The molecule has 0 fully saturated rings. The maximum atomic E-state index is 5.47. The lowest BCUT2D eigenvalue weighted by molar-refractivity contribution is 0.656. The lowest BCUT2D eigenvalue weighted by Crippen LogP contribution is -2.35. The van der Waals surface area contributed by atoms with Crippen LogP contribution in [0.1, 0.15) is 29.3 Å². The number of para-hydroxylation sites is 1. The van der Waals surface area contributed by atoms with Gasteiger partial charge >= 0.3 is 0 Å². The van der Waals surface area contributed by atoms with Crippen molar-refractivity contribution in [3.05, 3.63) is 83.8 Å². The zero-order valence-electron chi connectivity index (χ0n) is 16.0. The molecule has 28 heavy (non-hydrogen) atoms. The Bertz CT molecular complexity index is 995. The molecule has 6 heteroatoms. The zero-order chi connectivity index (χ0) is 19.5. The van der Waals surface area contributed by atoms with Gasteiger partial charge in [0.25, 0.3) is 0 Å². The van der Waals surface area contributed by atoms with Gasteiger partial charge in [-0.05, 0) is 56.8 Å². The van der Waals surface area contributed by atoms with E-state index in [1.54, 1.807) is 6.20 Å². The monoisotopic (exact) mass is 389 g/mol. The number of anilines is 1. The lowest BCUT2D eigenvalue weighted by atomic mass is 9.96. The largest absolute Gasteiger partial charge is 0.356 e. The second-order valence-corrected chi connectivity index (χ2v) is 7.39. The van der Waals surface area contributed by atoms with Crippen LogP contribution in [0.5, 0.6) is 0 Å². The molecule has 0 bridgehead atoms. The lowest BCUT2D eigenvalue weighted by Gasteiger charge is -2.17. The summed E-state index contributed by atoms with van der Waals surface area (Å²) in [6.45, 7) is 4.18. The number of aromatic nitrogens is 3. The number of nitrogens with zero attached hydrogens (tertiary/aromatic N) is 3. The first-order chi connectivity index (χ1) is 13.6. The third-order valence-electron chi connectivity index (χ3n) is 5.02. The SMILES string of the molecule is Cc1nn(-c2ccccn2)c(C)c1[C@H]1C=C[C@@H](NC(=S)Nc2ccccc2)C1. The van der Waals surface area contributed by atoms with Gasteiger partial charge in [-0.2, -0.15) is 5.10 Å². The summed E-state index contributed by atoms with van der Waals surface area (Å²) in [5.41, 5.74) is 4.44.